The van der Waals surface area contributed by atoms with Gasteiger partial charge in [-0.3, -0.25) is 14.9 Å². The number of aromatic nitrogens is 3. The smallest absolute Gasteiger partial charge is 0.274 e. The summed E-state index contributed by atoms with van der Waals surface area (Å²) in [7, 11) is 0. The molecule has 3 aromatic rings. The minimum absolute atomic E-state index is 0.0375. The molecule has 160 valence electrons. The number of nitrogens with one attached hydrogen (secondary N) is 1. The number of nitrogens with zero attached hydrogens (tertiary/aromatic N) is 3. The summed E-state index contributed by atoms with van der Waals surface area (Å²) < 4.78 is 13.3. The number of benzene rings is 1. The maximum Gasteiger partial charge on any atom is 0.274 e. The molecule has 1 aliphatic heterocycles. The number of carbonyl (C=O) groups excluding carboxylic acids is 1. The molecular formula is C25H27FN4O. The molecule has 5 rings (SSSR count). The van der Waals surface area contributed by atoms with Crippen molar-refractivity contribution in [1.82, 2.24) is 20.1 Å². The van der Waals surface area contributed by atoms with E-state index in [4.69, 9.17) is 4.98 Å². The van der Waals surface area contributed by atoms with Gasteiger partial charge < -0.3 is 4.90 Å². The van der Waals surface area contributed by atoms with E-state index in [0.717, 1.165) is 78.8 Å². The minimum Gasteiger partial charge on any atom is -0.337 e. The molecule has 1 saturated heterocycles. The average molecular weight is 419 g/mol. The number of aryl methyl sites for hydroxylation is 2. The van der Waals surface area contributed by atoms with Crippen LogP contribution < -0.4 is 0 Å². The second-order valence-corrected chi connectivity index (χ2v) is 8.76. The standard InChI is InChI=1S/C25H27FN4O/c1-16-13-19(17-8-10-20(26)11-9-17)14-23(27-16)18-5-4-12-30(15-18)25(31)24-21-6-2-3-7-22(21)28-29-24/h8-11,13-14,18H,2-7,12,15H2,1H3,(H,28,29)/t18-/m1/s1. The lowest BCUT2D eigenvalue weighted by atomic mass is 9.91. The predicted molar refractivity (Wildman–Crippen MR) is 117 cm³/mol. The maximum absolute atomic E-state index is 13.3. The zero-order valence-corrected chi connectivity index (χ0v) is 17.8. The molecule has 5 nitrogen and oxygen atoms in total. The topological polar surface area (TPSA) is 61.9 Å². The normalized spacial score (nSPS) is 18.6. The van der Waals surface area contributed by atoms with Crippen LogP contribution in [0.2, 0.25) is 0 Å². The van der Waals surface area contributed by atoms with Crippen LogP contribution in [0.5, 0.6) is 0 Å². The third-order valence-electron chi connectivity index (χ3n) is 6.54. The van der Waals surface area contributed by atoms with Gasteiger partial charge in [0.1, 0.15) is 5.82 Å². The van der Waals surface area contributed by atoms with E-state index in [1.807, 2.05) is 17.9 Å². The van der Waals surface area contributed by atoms with Gasteiger partial charge in [-0.05, 0) is 80.8 Å². The van der Waals surface area contributed by atoms with Gasteiger partial charge in [-0.1, -0.05) is 12.1 Å². The van der Waals surface area contributed by atoms with Crippen LogP contribution in [-0.4, -0.2) is 39.1 Å². The molecule has 1 N–H and O–H groups in total. The summed E-state index contributed by atoms with van der Waals surface area (Å²) in [6, 6.07) is 10.7. The van der Waals surface area contributed by atoms with E-state index in [9.17, 15) is 9.18 Å². The number of fused-ring (bicyclic) bond motifs is 1. The second kappa shape index (κ2) is 8.25. The lowest BCUT2D eigenvalue weighted by molar-refractivity contribution is 0.0698. The Morgan fingerprint density at radius 3 is 2.74 bits per heavy atom. The summed E-state index contributed by atoms with van der Waals surface area (Å²) in [4.78, 5) is 20.0. The highest BCUT2D eigenvalue weighted by molar-refractivity contribution is 5.94. The number of carbonyl (C=O) groups is 1. The third-order valence-corrected chi connectivity index (χ3v) is 6.54. The van der Waals surface area contributed by atoms with Crippen LogP contribution in [0, 0.1) is 12.7 Å². The van der Waals surface area contributed by atoms with Gasteiger partial charge in [0.15, 0.2) is 5.69 Å². The van der Waals surface area contributed by atoms with Crippen molar-refractivity contribution in [3.63, 3.8) is 0 Å². The largest absolute Gasteiger partial charge is 0.337 e. The molecule has 0 bridgehead atoms. The molecular weight excluding hydrogens is 391 g/mol. The van der Waals surface area contributed by atoms with Gasteiger partial charge in [0.25, 0.3) is 5.91 Å². The monoisotopic (exact) mass is 418 g/mol. The lowest BCUT2D eigenvalue weighted by Crippen LogP contribution is -2.40. The Kier molecular flexibility index (Phi) is 5.30. The molecule has 1 fully saturated rings. The minimum atomic E-state index is -0.239. The van der Waals surface area contributed by atoms with Crippen LogP contribution in [0.25, 0.3) is 11.1 Å². The molecule has 1 aliphatic carbocycles. The van der Waals surface area contributed by atoms with Crippen LogP contribution in [-0.2, 0) is 12.8 Å². The molecule has 2 aliphatic rings. The predicted octanol–water partition coefficient (Wildman–Crippen LogP) is 4.82. The van der Waals surface area contributed by atoms with Crippen LogP contribution in [0.1, 0.15) is 64.7 Å². The molecule has 1 amide bonds. The van der Waals surface area contributed by atoms with Gasteiger partial charge in [-0.2, -0.15) is 5.10 Å². The summed E-state index contributed by atoms with van der Waals surface area (Å²) in [5.74, 6) is -0.0150. The molecule has 2 aromatic heterocycles. The number of hydrogen-bond donors (Lipinski definition) is 1. The van der Waals surface area contributed by atoms with Crippen molar-refractivity contribution in [3.05, 3.63) is 70.6 Å². The van der Waals surface area contributed by atoms with E-state index in [0.29, 0.717) is 12.2 Å². The molecule has 31 heavy (non-hydrogen) atoms. The zero-order chi connectivity index (χ0) is 21.4. The number of piperidine rings is 1. The van der Waals surface area contributed by atoms with Crippen molar-refractivity contribution in [2.24, 2.45) is 0 Å². The van der Waals surface area contributed by atoms with E-state index in [2.05, 4.69) is 16.3 Å². The van der Waals surface area contributed by atoms with Gasteiger partial charge in [-0.25, -0.2) is 4.39 Å². The van der Waals surface area contributed by atoms with E-state index in [1.54, 1.807) is 12.1 Å². The van der Waals surface area contributed by atoms with E-state index in [1.165, 1.54) is 12.1 Å². The van der Waals surface area contributed by atoms with Crippen molar-refractivity contribution >= 4 is 5.91 Å². The van der Waals surface area contributed by atoms with E-state index < -0.39 is 0 Å². The van der Waals surface area contributed by atoms with Crippen molar-refractivity contribution in [2.45, 2.75) is 51.4 Å². The third kappa shape index (κ3) is 3.99. The fourth-order valence-corrected chi connectivity index (χ4v) is 4.92. The fourth-order valence-electron chi connectivity index (χ4n) is 4.92. The van der Waals surface area contributed by atoms with Crippen molar-refractivity contribution < 1.29 is 9.18 Å². The van der Waals surface area contributed by atoms with Gasteiger partial charge in [-0.15, -0.1) is 0 Å². The molecule has 0 saturated carbocycles. The number of rotatable bonds is 3. The summed E-state index contributed by atoms with van der Waals surface area (Å²) in [5, 5.41) is 7.47. The molecule has 1 aromatic carbocycles. The van der Waals surface area contributed by atoms with Crippen LogP contribution >= 0.6 is 0 Å². The molecule has 6 heteroatoms. The number of likely N-dealkylation sites (tertiary alicyclic amines) is 1. The first-order valence-electron chi connectivity index (χ1n) is 11.2. The highest BCUT2D eigenvalue weighted by atomic mass is 19.1. The summed E-state index contributed by atoms with van der Waals surface area (Å²) in [6.07, 6.45) is 6.15. The molecule has 0 unspecified atom stereocenters. The van der Waals surface area contributed by atoms with Gasteiger partial charge in [0.05, 0.1) is 0 Å². The number of H-pyrrole nitrogens is 1. The Hall–Kier alpha value is -3.02. The van der Waals surface area contributed by atoms with Crippen LogP contribution in [0.4, 0.5) is 4.39 Å². The van der Waals surface area contributed by atoms with Crippen molar-refractivity contribution in [1.29, 1.82) is 0 Å². The first-order chi connectivity index (χ1) is 15.1. The van der Waals surface area contributed by atoms with Crippen LogP contribution in [0.15, 0.2) is 36.4 Å². The maximum atomic E-state index is 13.3. The SMILES string of the molecule is Cc1cc(-c2ccc(F)cc2)cc([C@@H]2CCCN(C(=O)c3n[nH]c4c3CCCC4)C2)n1. The highest BCUT2D eigenvalue weighted by Crippen LogP contribution is 2.31. The van der Waals surface area contributed by atoms with Gasteiger partial charge in [0, 0.05) is 41.7 Å². The second-order valence-electron chi connectivity index (χ2n) is 8.76. The first-order valence-corrected chi connectivity index (χ1v) is 11.2. The summed E-state index contributed by atoms with van der Waals surface area (Å²) in [6.45, 7) is 3.39. The number of hydrogen-bond acceptors (Lipinski definition) is 3. The molecule has 3 heterocycles. The van der Waals surface area contributed by atoms with Crippen LogP contribution in [0.3, 0.4) is 0 Å². The Morgan fingerprint density at radius 1 is 1.10 bits per heavy atom. The molecule has 0 spiro atoms. The zero-order valence-electron chi connectivity index (χ0n) is 17.8. The Bertz CT molecular complexity index is 1110. The van der Waals surface area contributed by atoms with Gasteiger partial charge >= 0.3 is 0 Å². The Morgan fingerprint density at radius 2 is 1.90 bits per heavy atom. The van der Waals surface area contributed by atoms with Crippen molar-refractivity contribution in [3.8, 4) is 11.1 Å². The molecule has 0 radical (unpaired) electrons. The van der Waals surface area contributed by atoms with E-state index in [-0.39, 0.29) is 17.6 Å². The summed E-state index contributed by atoms with van der Waals surface area (Å²) >= 11 is 0. The number of aromatic amines is 1. The number of pyridine rings is 1. The number of amides is 1. The van der Waals surface area contributed by atoms with E-state index >= 15 is 0 Å². The summed E-state index contributed by atoms with van der Waals surface area (Å²) in [5.41, 5.74) is 6.80. The first kappa shape index (κ1) is 19.9. The average Bonchev–Trinajstić information content (AvgIpc) is 3.23. The molecule has 1 atom stereocenters. The van der Waals surface area contributed by atoms with Gasteiger partial charge in [0.2, 0.25) is 0 Å². The number of halogens is 1. The Balaban J connectivity index is 1.38. The lowest BCUT2D eigenvalue weighted by Gasteiger charge is -2.32. The Labute approximate surface area is 181 Å². The quantitative estimate of drug-likeness (QED) is 0.663. The highest BCUT2D eigenvalue weighted by Gasteiger charge is 2.30. The van der Waals surface area contributed by atoms with Crippen molar-refractivity contribution in [2.75, 3.05) is 13.1 Å². The fraction of sp³-hybridized carbons (Fsp3) is 0.400.